The number of benzene rings is 1. The van der Waals surface area contributed by atoms with Crippen LogP contribution in [0.5, 0.6) is 0 Å². The quantitative estimate of drug-likeness (QED) is 0.865. The van der Waals surface area contributed by atoms with Gasteiger partial charge >= 0.3 is 0 Å². The molecule has 0 aromatic heterocycles. The first-order valence-corrected chi connectivity index (χ1v) is 7.01. The molecule has 0 saturated carbocycles. The predicted octanol–water partition coefficient (Wildman–Crippen LogP) is 2.75. The molecule has 1 aromatic rings. The van der Waals surface area contributed by atoms with Gasteiger partial charge in [-0.1, -0.05) is 35.8 Å². The number of carbonyl (C=O) groups excluding carboxylic acids is 2. The van der Waals surface area contributed by atoms with Crippen LogP contribution >= 0.6 is 15.9 Å². The first-order valence-electron chi connectivity index (χ1n) is 6.09. The minimum Gasteiger partial charge on any atom is -0.345 e. The van der Waals surface area contributed by atoms with Crippen molar-refractivity contribution < 1.29 is 9.59 Å². The molecule has 0 aliphatic rings. The summed E-state index contributed by atoms with van der Waals surface area (Å²) in [6.45, 7) is 3.93. The third kappa shape index (κ3) is 4.35. The molecular weight excluding hydrogens is 308 g/mol. The number of rotatable bonds is 4. The number of hydrogen-bond acceptors (Lipinski definition) is 2. The number of carbonyl (C=O) groups is 2. The molecule has 19 heavy (non-hydrogen) atoms. The highest BCUT2D eigenvalue weighted by Crippen LogP contribution is 2.17. The van der Waals surface area contributed by atoms with E-state index in [9.17, 15) is 9.59 Å². The predicted molar refractivity (Wildman–Crippen MR) is 80.6 cm³/mol. The van der Waals surface area contributed by atoms with Gasteiger partial charge in [-0.15, -0.1) is 0 Å². The molecular formula is C14H19BrN2O2. The number of nitrogens with one attached hydrogen (secondary N) is 1. The van der Waals surface area contributed by atoms with Crippen LogP contribution in [0.15, 0.2) is 24.3 Å². The first kappa shape index (κ1) is 15.7. The van der Waals surface area contributed by atoms with Crippen molar-refractivity contribution in [1.29, 1.82) is 0 Å². The van der Waals surface area contributed by atoms with Gasteiger partial charge in [0.05, 0.1) is 4.83 Å². The van der Waals surface area contributed by atoms with Gasteiger partial charge in [-0.25, -0.2) is 0 Å². The van der Waals surface area contributed by atoms with E-state index < -0.39 is 0 Å². The van der Waals surface area contributed by atoms with E-state index in [0.29, 0.717) is 11.3 Å². The Hall–Kier alpha value is -1.36. The maximum atomic E-state index is 11.9. The topological polar surface area (TPSA) is 49.4 Å². The largest absolute Gasteiger partial charge is 0.345 e. The lowest BCUT2D eigenvalue weighted by molar-refractivity contribution is -0.116. The lowest BCUT2D eigenvalue weighted by Crippen LogP contribution is -2.27. The minimum absolute atomic E-state index is 0.0876. The standard InChI is InChI=1S/C14H19BrN2O2/c1-9(2)12(15)13(18)16-11-7-5-6-10(8-11)14(19)17(3)4/h5-9,12H,1-4H3,(H,16,18). The van der Waals surface area contributed by atoms with E-state index in [0.717, 1.165) is 0 Å². The second-order valence-corrected chi connectivity index (χ2v) is 5.90. The Bertz CT molecular complexity index is 472. The molecule has 0 aliphatic carbocycles. The van der Waals surface area contributed by atoms with Crippen LogP contribution in [-0.2, 0) is 4.79 Å². The zero-order valence-electron chi connectivity index (χ0n) is 11.6. The van der Waals surface area contributed by atoms with E-state index in [1.807, 2.05) is 13.8 Å². The average molecular weight is 327 g/mol. The fourth-order valence-electron chi connectivity index (χ4n) is 1.50. The van der Waals surface area contributed by atoms with E-state index >= 15 is 0 Å². The molecule has 0 bridgehead atoms. The number of anilines is 1. The van der Waals surface area contributed by atoms with Crippen LogP contribution in [0, 0.1) is 5.92 Å². The molecule has 1 rings (SSSR count). The van der Waals surface area contributed by atoms with Crippen molar-refractivity contribution in [3.05, 3.63) is 29.8 Å². The Balaban J connectivity index is 2.83. The molecule has 0 radical (unpaired) electrons. The molecule has 1 aromatic carbocycles. The zero-order valence-corrected chi connectivity index (χ0v) is 13.2. The summed E-state index contributed by atoms with van der Waals surface area (Å²) in [4.78, 5) is 25.0. The maximum Gasteiger partial charge on any atom is 0.253 e. The van der Waals surface area contributed by atoms with Crippen molar-refractivity contribution in [1.82, 2.24) is 4.90 Å². The lowest BCUT2D eigenvalue weighted by atomic mass is 10.1. The number of nitrogens with zero attached hydrogens (tertiary/aromatic N) is 1. The van der Waals surface area contributed by atoms with Gasteiger partial charge in [0.1, 0.15) is 0 Å². The summed E-state index contributed by atoms with van der Waals surface area (Å²) in [6.07, 6.45) is 0. The summed E-state index contributed by atoms with van der Waals surface area (Å²) < 4.78 is 0. The average Bonchev–Trinajstić information content (AvgIpc) is 2.36. The van der Waals surface area contributed by atoms with Crippen LogP contribution in [0.2, 0.25) is 0 Å². The van der Waals surface area contributed by atoms with E-state index in [2.05, 4.69) is 21.2 Å². The van der Waals surface area contributed by atoms with Crippen LogP contribution in [0.25, 0.3) is 0 Å². The van der Waals surface area contributed by atoms with Crippen molar-refractivity contribution in [2.45, 2.75) is 18.7 Å². The van der Waals surface area contributed by atoms with Gasteiger partial charge in [0.25, 0.3) is 5.91 Å². The molecule has 5 heteroatoms. The van der Waals surface area contributed by atoms with Gasteiger partial charge in [0, 0.05) is 25.3 Å². The molecule has 1 unspecified atom stereocenters. The van der Waals surface area contributed by atoms with Gasteiger partial charge in [0.2, 0.25) is 5.91 Å². The molecule has 1 N–H and O–H groups in total. The van der Waals surface area contributed by atoms with Crippen LogP contribution in [0.1, 0.15) is 24.2 Å². The number of amides is 2. The molecule has 0 saturated heterocycles. The van der Waals surface area contributed by atoms with Crippen molar-refractivity contribution >= 4 is 33.4 Å². The van der Waals surface area contributed by atoms with Gasteiger partial charge in [-0.2, -0.15) is 0 Å². The fraction of sp³-hybridized carbons (Fsp3) is 0.429. The molecule has 2 amide bonds. The molecule has 0 heterocycles. The summed E-state index contributed by atoms with van der Waals surface area (Å²) >= 11 is 3.35. The third-order valence-electron chi connectivity index (χ3n) is 2.62. The Kier molecular flexibility index (Phi) is 5.54. The SMILES string of the molecule is CC(C)C(Br)C(=O)Nc1cccc(C(=O)N(C)C)c1. The molecule has 0 aliphatic heterocycles. The van der Waals surface area contributed by atoms with Crippen molar-refractivity contribution in [2.24, 2.45) is 5.92 Å². The van der Waals surface area contributed by atoms with E-state index in [-0.39, 0.29) is 22.6 Å². The summed E-state index contributed by atoms with van der Waals surface area (Å²) in [6, 6.07) is 6.93. The molecule has 1 atom stereocenters. The highest BCUT2D eigenvalue weighted by molar-refractivity contribution is 9.10. The van der Waals surface area contributed by atoms with Crippen molar-refractivity contribution in [2.75, 3.05) is 19.4 Å². The van der Waals surface area contributed by atoms with Crippen LogP contribution in [0.3, 0.4) is 0 Å². The fourth-order valence-corrected chi connectivity index (χ4v) is 1.62. The van der Waals surface area contributed by atoms with Crippen LogP contribution in [-0.4, -0.2) is 35.6 Å². The normalized spacial score (nSPS) is 12.1. The summed E-state index contributed by atoms with van der Waals surface area (Å²) in [5, 5.41) is 2.80. The van der Waals surface area contributed by atoms with Gasteiger partial charge < -0.3 is 10.2 Å². The van der Waals surface area contributed by atoms with Crippen LogP contribution < -0.4 is 5.32 Å². The molecule has 4 nitrogen and oxygen atoms in total. The monoisotopic (exact) mass is 326 g/mol. The van der Waals surface area contributed by atoms with E-state index in [1.165, 1.54) is 4.90 Å². The summed E-state index contributed by atoms with van der Waals surface area (Å²) in [7, 11) is 3.39. The summed E-state index contributed by atoms with van der Waals surface area (Å²) in [5.74, 6) is 0.00592. The number of hydrogen-bond donors (Lipinski definition) is 1. The van der Waals surface area contributed by atoms with Crippen LogP contribution in [0.4, 0.5) is 5.69 Å². The molecule has 0 spiro atoms. The lowest BCUT2D eigenvalue weighted by Gasteiger charge is -2.15. The smallest absolute Gasteiger partial charge is 0.253 e. The summed E-state index contributed by atoms with van der Waals surface area (Å²) in [5.41, 5.74) is 1.18. The molecule has 104 valence electrons. The Morgan fingerprint density at radius 3 is 2.42 bits per heavy atom. The Morgan fingerprint density at radius 1 is 1.26 bits per heavy atom. The maximum absolute atomic E-state index is 11.9. The van der Waals surface area contributed by atoms with Crippen molar-refractivity contribution in [3.63, 3.8) is 0 Å². The minimum atomic E-state index is -0.249. The number of halogens is 1. The highest BCUT2D eigenvalue weighted by Gasteiger charge is 2.19. The van der Waals surface area contributed by atoms with Gasteiger partial charge in [-0.3, -0.25) is 9.59 Å². The second kappa shape index (κ2) is 6.70. The third-order valence-corrected chi connectivity index (χ3v) is 4.09. The van der Waals surface area contributed by atoms with Gasteiger partial charge in [0.15, 0.2) is 0 Å². The van der Waals surface area contributed by atoms with E-state index in [4.69, 9.17) is 0 Å². The Labute approximate surface area is 122 Å². The highest BCUT2D eigenvalue weighted by atomic mass is 79.9. The molecule has 0 fully saturated rings. The zero-order chi connectivity index (χ0) is 14.6. The van der Waals surface area contributed by atoms with E-state index in [1.54, 1.807) is 38.4 Å². The first-order chi connectivity index (χ1) is 8.82. The van der Waals surface area contributed by atoms with Gasteiger partial charge in [-0.05, 0) is 24.1 Å². The number of alkyl halides is 1. The Morgan fingerprint density at radius 2 is 1.89 bits per heavy atom. The van der Waals surface area contributed by atoms with Crippen molar-refractivity contribution in [3.8, 4) is 0 Å². The second-order valence-electron chi connectivity index (χ2n) is 4.92.